The molecular formula is C21H19NO2. The number of carbonyl (C=O) groups is 1. The first-order valence-electron chi connectivity index (χ1n) is 8.20. The molecule has 0 aliphatic heterocycles. The molecule has 0 aromatic heterocycles. The van der Waals surface area contributed by atoms with Gasteiger partial charge in [-0.05, 0) is 37.9 Å². The van der Waals surface area contributed by atoms with Gasteiger partial charge in [0.15, 0.2) is 0 Å². The Kier molecular flexibility index (Phi) is 3.89. The summed E-state index contributed by atoms with van der Waals surface area (Å²) in [4.78, 5) is 10.5. The molecule has 3 nitrogen and oxygen atoms in total. The van der Waals surface area contributed by atoms with Crippen LogP contribution in [0.15, 0.2) is 54.6 Å². The number of ether oxygens (including phenoxy) is 1. The monoisotopic (exact) mass is 317 g/mol. The van der Waals surface area contributed by atoms with Gasteiger partial charge in [-0.3, -0.25) is 0 Å². The van der Waals surface area contributed by atoms with E-state index in [0.29, 0.717) is 19.6 Å². The van der Waals surface area contributed by atoms with Crippen LogP contribution >= 0.6 is 0 Å². The molecule has 4 aromatic carbocycles. The lowest BCUT2D eigenvalue weighted by molar-refractivity contribution is -0.108. The molecule has 4 aromatic rings. The van der Waals surface area contributed by atoms with Crippen LogP contribution in [0.3, 0.4) is 0 Å². The topological polar surface area (TPSA) is 52.3 Å². The van der Waals surface area contributed by atoms with Crippen LogP contribution in [0.5, 0.6) is 0 Å². The minimum Gasteiger partial charge on any atom is -0.375 e. The van der Waals surface area contributed by atoms with E-state index in [0.717, 1.165) is 11.8 Å². The fourth-order valence-corrected chi connectivity index (χ4v) is 3.43. The van der Waals surface area contributed by atoms with Gasteiger partial charge in [0.05, 0.1) is 13.2 Å². The number of rotatable bonds is 6. The van der Waals surface area contributed by atoms with E-state index >= 15 is 0 Å². The highest BCUT2D eigenvalue weighted by Gasteiger charge is 2.11. The quantitative estimate of drug-likeness (QED) is 0.432. The Balaban J connectivity index is 1.75. The Morgan fingerprint density at radius 1 is 0.917 bits per heavy atom. The lowest BCUT2D eigenvalue weighted by Crippen LogP contribution is -2.26. The average molecular weight is 317 g/mol. The summed E-state index contributed by atoms with van der Waals surface area (Å²) < 4.78 is 5.74. The van der Waals surface area contributed by atoms with Gasteiger partial charge in [0.2, 0.25) is 0 Å². The third-order valence-corrected chi connectivity index (χ3v) is 4.61. The van der Waals surface area contributed by atoms with Crippen LogP contribution in [0, 0.1) is 0 Å². The SMILES string of the molecule is N[C@H](CC=O)COCc1ccc2ccc3cccc4ccc1c2c34. The first-order chi connectivity index (χ1) is 11.8. The summed E-state index contributed by atoms with van der Waals surface area (Å²) in [6.07, 6.45) is 1.17. The van der Waals surface area contributed by atoms with Crippen molar-refractivity contribution in [1.82, 2.24) is 0 Å². The van der Waals surface area contributed by atoms with Crippen molar-refractivity contribution in [2.24, 2.45) is 5.73 Å². The first kappa shape index (κ1) is 15.1. The average Bonchev–Trinajstić information content (AvgIpc) is 2.61. The zero-order chi connectivity index (χ0) is 16.5. The van der Waals surface area contributed by atoms with E-state index in [1.807, 2.05) is 0 Å². The zero-order valence-electron chi connectivity index (χ0n) is 13.4. The Morgan fingerprint density at radius 3 is 2.33 bits per heavy atom. The second-order valence-electron chi connectivity index (χ2n) is 6.26. The van der Waals surface area contributed by atoms with Gasteiger partial charge in [-0.2, -0.15) is 0 Å². The van der Waals surface area contributed by atoms with Gasteiger partial charge in [0, 0.05) is 12.5 Å². The molecule has 0 saturated carbocycles. The van der Waals surface area contributed by atoms with Crippen molar-refractivity contribution in [3.63, 3.8) is 0 Å². The van der Waals surface area contributed by atoms with Crippen molar-refractivity contribution >= 4 is 38.6 Å². The van der Waals surface area contributed by atoms with E-state index in [9.17, 15) is 4.79 Å². The molecule has 2 N–H and O–H groups in total. The van der Waals surface area contributed by atoms with Gasteiger partial charge < -0.3 is 15.3 Å². The number of hydrogen-bond donors (Lipinski definition) is 1. The van der Waals surface area contributed by atoms with Gasteiger partial charge in [0.25, 0.3) is 0 Å². The van der Waals surface area contributed by atoms with Gasteiger partial charge in [-0.25, -0.2) is 0 Å². The molecule has 0 aliphatic rings. The molecular weight excluding hydrogens is 298 g/mol. The largest absolute Gasteiger partial charge is 0.375 e. The fraction of sp³-hybridized carbons (Fsp3) is 0.190. The Labute approximate surface area is 140 Å². The maximum absolute atomic E-state index is 10.5. The molecule has 0 unspecified atom stereocenters. The van der Waals surface area contributed by atoms with E-state index < -0.39 is 0 Å². The first-order valence-corrected chi connectivity index (χ1v) is 8.20. The van der Waals surface area contributed by atoms with E-state index in [1.165, 1.54) is 32.3 Å². The van der Waals surface area contributed by atoms with Crippen LogP contribution in [-0.2, 0) is 16.1 Å². The van der Waals surface area contributed by atoms with Crippen molar-refractivity contribution in [3.8, 4) is 0 Å². The molecule has 4 rings (SSSR count). The lowest BCUT2D eigenvalue weighted by Gasteiger charge is -2.15. The smallest absolute Gasteiger partial charge is 0.121 e. The number of hydrogen-bond acceptors (Lipinski definition) is 3. The molecule has 3 heteroatoms. The number of nitrogens with two attached hydrogens (primary N) is 1. The summed E-state index contributed by atoms with van der Waals surface area (Å²) in [6.45, 7) is 0.890. The van der Waals surface area contributed by atoms with E-state index in [-0.39, 0.29) is 6.04 Å². The summed E-state index contributed by atoms with van der Waals surface area (Å²) in [5, 5.41) is 7.60. The fourth-order valence-electron chi connectivity index (χ4n) is 3.43. The van der Waals surface area contributed by atoms with Crippen LogP contribution in [-0.4, -0.2) is 18.9 Å². The number of benzene rings is 4. The van der Waals surface area contributed by atoms with E-state index in [1.54, 1.807) is 0 Å². The predicted molar refractivity (Wildman–Crippen MR) is 98.5 cm³/mol. The molecule has 0 saturated heterocycles. The molecule has 0 bridgehead atoms. The molecule has 0 amide bonds. The van der Waals surface area contributed by atoms with Crippen molar-refractivity contribution in [3.05, 3.63) is 60.2 Å². The highest BCUT2D eigenvalue weighted by molar-refractivity contribution is 6.23. The zero-order valence-corrected chi connectivity index (χ0v) is 13.4. The summed E-state index contributed by atoms with van der Waals surface area (Å²) >= 11 is 0. The van der Waals surface area contributed by atoms with Crippen molar-refractivity contribution < 1.29 is 9.53 Å². The molecule has 0 radical (unpaired) electrons. The van der Waals surface area contributed by atoms with Gasteiger partial charge in [0.1, 0.15) is 6.29 Å². The Bertz CT molecular complexity index is 993. The molecule has 120 valence electrons. The summed E-state index contributed by atoms with van der Waals surface area (Å²) in [5.74, 6) is 0. The second-order valence-corrected chi connectivity index (χ2v) is 6.26. The molecule has 1 atom stereocenters. The molecule has 0 spiro atoms. The third-order valence-electron chi connectivity index (χ3n) is 4.61. The molecule has 0 heterocycles. The highest BCUT2D eigenvalue weighted by Crippen LogP contribution is 2.35. The van der Waals surface area contributed by atoms with Gasteiger partial charge >= 0.3 is 0 Å². The van der Waals surface area contributed by atoms with E-state index in [2.05, 4.69) is 54.6 Å². The summed E-state index contributed by atoms with van der Waals surface area (Å²) in [7, 11) is 0. The molecule has 0 fully saturated rings. The Hall–Kier alpha value is -2.49. The highest BCUT2D eigenvalue weighted by atomic mass is 16.5. The van der Waals surface area contributed by atoms with E-state index in [4.69, 9.17) is 10.5 Å². The van der Waals surface area contributed by atoms with Crippen LogP contribution in [0.25, 0.3) is 32.3 Å². The number of aldehydes is 1. The number of carbonyl (C=O) groups excluding carboxylic acids is 1. The molecule has 0 aliphatic carbocycles. The maximum atomic E-state index is 10.5. The summed E-state index contributed by atoms with van der Waals surface area (Å²) in [6, 6.07) is 19.1. The summed E-state index contributed by atoms with van der Waals surface area (Å²) in [5.41, 5.74) is 6.98. The predicted octanol–water partition coefficient (Wildman–Crippen LogP) is 4.02. The van der Waals surface area contributed by atoms with Crippen LogP contribution in [0.2, 0.25) is 0 Å². The van der Waals surface area contributed by atoms with Crippen molar-refractivity contribution in [2.75, 3.05) is 6.61 Å². The minimum atomic E-state index is -0.234. The van der Waals surface area contributed by atoms with Crippen LogP contribution in [0.4, 0.5) is 0 Å². The van der Waals surface area contributed by atoms with Gasteiger partial charge in [-0.15, -0.1) is 0 Å². The lowest BCUT2D eigenvalue weighted by atomic mass is 9.92. The standard InChI is InChI=1S/C21H19NO2/c22-18(10-11-23)13-24-12-17-7-6-16-5-4-14-2-1-3-15-8-9-19(17)21(16)20(14)15/h1-9,11,18H,10,12-13,22H2/t18-/m1/s1. The third kappa shape index (κ3) is 2.52. The van der Waals surface area contributed by atoms with Crippen LogP contribution < -0.4 is 5.73 Å². The molecule has 24 heavy (non-hydrogen) atoms. The van der Waals surface area contributed by atoms with Crippen LogP contribution in [0.1, 0.15) is 12.0 Å². The minimum absolute atomic E-state index is 0.234. The maximum Gasteiger partial charge on any atom is 0.121 e. The normalized spacial score (nSPS) is 13.0. The van der Waals surface area contributed by atoms with Crippen molar-refractivity contribution in [2.45, 2.75) is 19.1 Å². The second kappa shape index (κ2) is 6.19. The Morgan fingerprint density at radius 2 is 1.58 bits per heavy atom. The van der Waals surface area contributed by atoms with Crippen molar-refractivity contribution in [1.29, 1.82) is 0 Å². The van der Waals surface area contributed by atoms with Gasteiger partial charge in [-0.1, -0.05) is 54.6 Å².